The van der Waals surface area contributed by atoms with E-state index < -0.39 is 0 Å². The third kappa shape index (κ3) is 2.17. The van der Waals surface area contributed by atoms with Gasteiger partial charge in [-0.1, -0.05) is 12.1 Å². The lowest BCUT2D eigenvalue weighted by Gasteiger charge is -2.32. The zero-order valence-corrected chi connectivity index (χ0v) is 9.26. The van der Waals surface area contributed by atoms with Crippen LogP contribution in [0.4, 0.5) is 5.69 Å². The van der Waals surface area contributed by atoms with Gasteiger partial charge in [0.15, 0.2) is 0 Å². The highest BCUT2D eigenvalue weighted by atomic mass is 16.5. The van der Waals surface area contributed by atoms with Gasteiger partial charge in [-0.2, -0.15) is 0 Å². The number of hydrogen-bond donors (Lipinski definition) is 0. The highest BCUT2D eigenvalue weighted by molar-refractivity contribution is 5.79. The van der Waals surface area contributed by atoms with Crippen molar-refractivity contribution in [3.63, 3.8) is 0 Å². The van der Waals surface area contributed by atoms with E-state index in [-0.39, 0.29) is 6.10 Å². The number of benzene rings is 1. The third-order valence-corrected chi connectivity index (χ3v) is 2.64. The van der Waals surface area contributed by atoms with Crippen LogP contribution >= 0.6 is 0 Å². The van der Waals surface area contributed by atoms with Gasteiger partial charge < -0.3 is 14.4 Å². The van der Waals surface area contributed by atoms with Gasteiger partial charge in [-0.15, -0.1) is 0 Å². The number of carbonyl (C=O) groups excluding carboxylic acids is 1. The molecular weight excluding hydrogens is 206 g/mol. The molecule has 2 rings (SSSR count). The quantitative estimate of drug-likeness (QED) is 0.722. The number of rotatable bonds is 4. The van der Waals surface area contributed by atoms with Crippen LogP contribution in [0.5, 0.6) is 5.75 Å². The van der Waals surface area contributed by atoms with Crippen molar-refractivity contribution in [2.75, 3.05) is 25.2 Å². The Labute approximate surface area is 94.8 Å². The number of carbonyl (C=O) groups is 1. The van der Waals surface area contributed by atoms with Crippen LogP contribution in [0.2, 0.25) is 0 Å². The summed E-state index contributed by atoms with van der Waals surface area (Å²) in [5.41, 5.74) is 0.839. The van der Waals surface area contributed by atoms with Gasteiger partial charge in [-0.05, 0) is 12.1 Å². The van der Waals surface area contributed by atoms with E-state index in [0.29, 0.717) is 13.2 Å². The van der Waals surface area contributed by atoms with Crippen LogP contribution in [0.25, 0.3) is 0 Å². The molecule has 0 aliphatic carbocycles. The van der Waals surface area contributed by atoms with Crippen LogP contribution < -0.4 is 9.64 Å². The predicted molar refractivity (Wildman–Crippen MR) is 60.8 cm³/mol. The lowest BCUT2D eigenvalue weighted by Crippen LogP contribution is -2.39. The fraction of sp³-hybridized carbons (Fsp3) is 0.417. The Kier molecular flexibility index (Phi) is 3.41. The van der Waals surface area contributed by atoms with Crippen LogP contribution in [-0.4, -0.2) is 32.8 Å². The number of ether oxygens (including phenoxy) is 2. The Balaban J connectivity index is 2.15. The molecule has 16 heavy (non-hydrogen) atoms. The van der Waals surface area contributed by atoms with E-state index in [4.69, 9.17) is 9.47 Å². The summed E-state index contributed by atoms with van der Waals surface area (Å²) < 4.78 is 10.8. The van der Waals surface area contributed by atoms with Gasteiger partial charge in [0, 0.05) is 20.1 Å². The summed E-state index contributed by atoms with van der Waals surface area (Å²) in [6.45, 7) is 1.23. The molecule has 4 heteroatoms. The topological polar surface area (TPSA) is 38.8 Å². The van der Waals surface area contributed by atoms with Crippen molar-refractivity contribution < 1.29 is 14.3 Å². The van der Waals surface area contributed by atoms with Crippen molar-refractivity contribution in [3.8, 4) is 5.75 Å². The molecule has 0 fully saturated rings. The maximum Gasteiger partial charge on any atom is 0.214 e. The molecular formula is C12H15NO3. The molecule has 1 aromatic carbocycles. The summed E-state index contributed by atoms with van der Waals surface area (Å²) in [7, 11) is 1.66. The van der Waals surface area contributed by atoms with Crippen molar-refractivity contribution >= 4 is 12.1 Å². The monoisotopic (exact) mass is 221 g/mol. The van der Waals surface area contributed by atoms with Gasteiger partial charge in [-0.3, -0.25) is 4.79 Å². The average molecular weight is 221 g/mol. The first kappa shape index (κ1) is 11.0. The minimum absolute atomic E-state index is 0.0139. The molecule has 1 aromatic rings. The second-order valence-corrected chi connectivity index (χ2v) is 3.75. The van der Waals surface area contributed by atoms with Crippen molar-refractivity contribution in [3.05, 3.63) is 24.3 Å². The number of fused-ring (bicyclic) bond motifs is 1. The molecule has 86 valence electrons. The molecule has 0 saturated carbocycles. The van der Waals surface area contributed by atoms with Gasteiger partial charge in [0.25, 0.3) is 0 Å². The van der Waals surface area contributed by atoms with Crippen LogP contribution in [0.3, 0.4) is 0 Å². The van der Waals surface area contributed by atoms with Gasteiger partial charge in [0.1, 0.15) is 11.9 Å². The summed E-state index contributed by atoms with van der Waals surface area (Å²) in [6, 6.07) is 7.57. The molecule has 0 spiro atoms. The largest absolute Gasteiger partial charge is 0.486 e. The number of anilines is 1. The second kappa shape index (κ2) is 4.99. The Bertz CT molecular complexity index is 367. The smallest absolute Gasteiger partial charge is 0.214 e. The van der Waals surface area contributed by atoms with E-state index in [1.54, 1.807) is 12.0 Å². The van der Waals surface area contributed by atoms with Gasteiger partial charge in [-0.25, -0.2) is 0 Å². The van der Waals surface area contributed by atoms with Gasteiger partial charge in [0.2, 0.25) is 6.41 Å². The SMILES string of the molecule is COCCC1CN(C=O)c2ccccc2O1. The summed E-state index contributed by atoms with van der Waals surface area (Å²) in [4.78, 5) is 12.7. The third-order valence-electron chi connectivity index (χ3n) is 2.64. The molecule has 0 radical (unpaired) electrons. The van der Waals surface area contributed by atoms with Gasteiger partial charge >= 0.3 is 0 Å². The zero-order valence-electron chi connectivity index (χ0n) is 9.26. The van der Waals surface area contributed by atoms with E-state index in [9.17, 15) is 4.79 Å². The molecule has 0 aromatic heterocycles. The molecule has 1 atom stereocenters. The fourth-order valence-corrected chi connectivity index (χ4v) is 1.83. The minimum Gasteiger partial charge on any atom is -0.486 e. The molecule has 1 amide bonds. The zero-order chi connectivity index (χ0) is 11.4. The molecule has 1 unspecified atom stereocenters. The van der Waals surface area contributed by atoms with E-state index in [2.05, 4.69) is 0 Å². The van der Waals surface area contributed by atoms with Gasteiger partial charge in [0.05, 0.1) is 12.2 Å². The standard InChI is InChI=1S/C12H15NO3/c1-15-7-6-10-8-13(9-14)11-4-2-3-5-12(11)16-10/h2-5,9-10H,6-8H2,1H3. The van der Waals surface area contributed by atoms with Crippen molar-refractivity contribution in [1.82, 2.24) is 0 Å². The maximum absolute atomic E-state index is 11.0. The normalized spacial score (nSPS) is 18.8. The lowest BCUT2D eigenvalue weighted by molar-refractivity contribution is -0.108. The number of amides is 1. The van der Waals surface area contributed by atoms with E-state index in [0.717, 1.165) is 24.3 Å². The molecule has 0 N–H and O–H groups in total. The minimum atomic E-state index is 0.0139. The van der Waals surface area contributed by atoms with E-state index in [1.807, 2.05) is 24.3 Å². The summed E-state index contributed by atoms with van der Waals surface area (Å²) >= 11 is 0. The summed E-state index contributed by atoms with van der Waals surface area (Å²) in [5, 5.41) is 0. The molecule has 1 aliphatic rings. The van der Waals surface area contributed by atoms with Crippen molar-refractivity contribution in [2.24, 2.45) is 0 Å². The molecule has 1 heterocycles. The second-order valence-electron chi connectivity index (χ2n) is 3.75. The van der Waals surface area contributed by atoms with E-state index in [1.165, 1.54) is 0 Å². The maximum atomic E-state index is 11.0. The van der Waals surface area contributed by atoms with Crippen molar-refractivity contribution in [2.45, 2.75) is 12.5 Å². The summed E-state index contributed by atoms with van der Waals surface area (Å²) in [6.07, 6.45) is 1.65. The highest BCUT2D eigenvalue weighted by Crippen LogP contribution is 2.32. The van der Waals surface area contributed by atoms with Crippen LogP contribution in [0.15, 0.2) is 24.3 Å². The number of hydrogen-bond acceptors (Lipinski definition) is 3. The average Bonchev–Trinajstić information content (AvgIpc) is 2.35. The first-order valence-electron chi connectivity index (χ1n) is 5.31. The van der Waals surface area contributed by atoms with Crippen LogP contribution in [0.1, 0.15) is 6.42 Å². The highest BCUT2D eigenvalue weighted by Gasteiger charge is 2.24. The number of para-hydroxylation sites is 2. The summed E-state index contributed by atoms with van der Waals surface area (Å²) in [5.74, 6) is 0.766. The molecule has 4 nitrogen and oxygen atoms in total. The lowest BCUT2D eigenvalue weighted by atomic mass is 10.1. The first-order valence-corrected chi connectivity index (χ1v) is 5.31. The number of nitrogens with zero attached hydrogens (tertiary/aromatic N) is 1. The molecule has 1 aliphatic heterocycles. The van der Waals surface area contributed by atoms with E-state index >= 15 is 0 Å². The predicted octanol–water partition coefficient (Wildman–Crippen LogP) is 1.45. The Morgan fingerprint density at radius 3 is 3.12 bits per heavy atom. The first-order chi connectivity index (χ1) is 7.85. The Morgan fingerprint density at radius 2 is 2.38 bits per heavy atom. The van der Waals surface area contributed by atoms with Crippen molar-refractivity contribution in [1.29, 1.82) is 0 Å². The van der Waals surface area contributed by atoms with Crippen LogP contribution in [0, 0.1) is 0 Å². The molecule has 0 saturated heterocycles. The Hall–Kier alpha value is -1.55. The fourth-order valence-electron chi connectivity index (χ4n) is 1.83. The number of methoxy groups -OCH3 is 1. The van der Waals surface area contributed by atoms with Crippen LogP contribution in [-0.2, 0) is 9.53 Å². The molecule has 0 bridgehead atoms. The Morgan fingerprint density at radius 1 is 1.56 bits per heavy atom.